The Morgan fingerprint density at radius 2 is 0.959 bits per heavy atom. The molecule has 7 heteroatoms. The summed E-state index contributed by atoms with van der Waals surface area (Å²) in [6, 6.07) is 65.5. The summed E-state index contributed by atoms with van der Waals surface area (Å²) in [6.07, 6.45) is 0. The van der Waals surface area contributed by atoms with Crippen molar-refractivity contribution in [1.82, 2.24) is 4.98 Å². The molecule has 0 N–H and O–H groups in total. The first-order valence-electron chi connectivity index (χ1n) is 26.2. The predicted molar refractivity (Wildman–Crippen MR) is 318 cm³/mol. The minimum absolute atomic E-state index is 0.00262. The van der Waals surface area contributed by atoms with Gasteiger partial charge in [-0.25, -0.2) is 4.98 Å². The average Bonchev–Trinajstić information content (AvgIpc) is 4.00. The Hall–Kier alpha value is -7.35. The number of hydrogen-bond donors (Lipinski definition) is 0. The highest BCUT2D eigenvalue weighted by molar-refractivity contribution is 7.30. The monoisotopic (exact) mass is 984 g/mol. The van der Waals surface area contributed by atoms with Gasteiger partial charge in [0.15, 0.2) is 0 Å². The highest BCUT2D eigenvalue weighted by atomic mass is 32.1. The van der Waals surface area contributed by atoms with E-state index < -0.39 is 0 Å². The Labute approximate surface area is 442 Å². The minimum atomic E-state index is -0.190. The largest absolute Gasteiger partial charge is 0.456 e. The molecule has 8 aromatic carbocycles. The lowest BCUT2D eigenvalue weighted by Crippen LogP contribution is -2.60. The third kappa shape index (κ3) is 8.12. The van der Waals surface area contributed by atoms with E-state index in [4.69, 9.17) is 9.40 Å². The molecule has 2 aromatic heterocycles. The summed E-state index contributed by atoms with van der Waals surface area (Å²) in [5, 5.41) is 3.23. The second-order valence-corrected chi connectivity index (χ2v) is 25.6. The number of furan rings is 1. The van der Waals surface area contributed by atoms with Crippen LogP contribution < -0.4 is 30.4 Å². The topological polar surface area (TPSA) is 35.8 Å². The zero-order chi connectivity index (χ0) is 51.6. The number of benzene rings is 8. The summed E-state index contributed by atoms with van der Waals surface area (Å²) in [5.74, 6) is 0.968. The number of rotatable bonds is 6. The van der Waals surface area contributed by atoms with E-state index >= 15 is 0 Å². The molecular weight excluding hydrogens is 920 g/mol. The first-order valence-corrected chi connectivity index (χ1v) is 27.0. The SMILES string of the molecule is CC(C)(C)c1ccc(-c2nc3c(s2)B2c4ccc(N(c5ccccc5)c5ccccc5)cc4N(c4ccc(C(C)(C)C)cc4)c4cc(C(C)(C)C)cc(c42)N3c2ccc3oc4ccc(C(C)(C)C)cc4c3c2)cc1. The Kier molecular flexibility index (Phi) is 11.0. The summed E-state index contributed by atoms with van der Waals surface area (Å²) in [4.78, 5) is 13.2. The van der Waals surface area contributed by atoms with Crippen LogP contribution in [0.3, 0.4) is 0 Å². The van der Waals surface area contributed by atoms with Crippen molar-refractivity contribution in [2.75, 3.05) is 14.7 Å². The molecule has 0 unspecified atom stereocenters. The van der Waals surface area contributed by atoms with Crippen LogP contribution >= 0.6 is 11.3 Å². The quantitative estimate of drug-likeness (QED) is 0.155. The normalized spacial score (nSPS) is 13.6. The summed E-state index contributed by atoms with van der Waals surface area (Å²) in [5.41, 5.74) is 19.3. The molecule has 74 heavy (non-hydrogen) atoms. The summed E-state index contributed by atoms with van der Waals surface area (Å²) in [7, 11) is 0. The van der Waals surface area contributed by atoms with E-state index in [1.54, 1.807) is 0 Å². The molecule has 5 nitrogen and oxygen atoms in total. The number of thiazole rings is 1. The number of fused-ring (bicyclic) bond motifs is 7. The van der Waals surface area contributed by atoms with Gasteiger partial charge in [-0.1, -0.05) is 168 Å². The van der Waals surface area contributed by atoms with Gasteiger partial charge < -0.3 is 14.2 Å². The van der Waals surface area contributed by atoms with Crippen LogP contribution in [-0.2, 0) is 21.7 Å². The molecule has 2 aliphatic rings. The van der Waals surface area contributed by atoms with Crippen LogP contribution in [0.5, 0.6) is 0 Å². The van der Waals surface area contributed by atoms with E-state index in [1.165, 1.54) is 43.6 Å². The number of aromatic nitrogens is 1. The van der Waals surface area contributed by atoms with Crippen LogP contribution in [0.25, 0.3) is 32.5 Å². The number of anilines is 9. The zero-order valence-electron chi connectivity index (χ0n) is 44.9. The Balaban J connectivity index is 1.16. The molecule has 2 aliphatic heterocycles. The van der Waals surface area contributed by atoms with Crippen molar-refractivity contribution in [3.8, 4) is 10.6 Å². The lowest BCUT2D eigenvalue weighted by Gasteiger charge is -2.44. The van der Waals surface area contributed by atoms with Crippen LogP contribution in [0.4, 0.5) is 51.3 Å². The molecule has 0 fully saturated rings. The van der Waals surface area contributed by atoms with Crippen LogP contribution in [0.2, 0.25) is 0 Å². The molecular formula is C67H65BN4OS. The van der Waals surface area contributed by atoms with E-state index in [0.717, 1.165) is 78.1 Å². The summed E-state index contributed by atoms with van der Waals surface area (Å²) >= 11 is 1.83. The molecule has 0 amide bonds. The van der Waals surface area contributed by atoms with Crippen LogP contribution in [0.1, 0.15) is 105 Å². The fraction of sp³-hybridized carbons (Fsp3) is 0.239. The second-order valence-electron chi connectivity index (χ2n) is 24.6. The van der Waals surface area contributed by atoms with Crippen molar-refractivity contribution >= 4 is 107 Å². The second kappa shape index (κ2) is 17.1. The highest BCUT2D eigenvalue weighted by Crippen LogP contribution is 2.50. The third-order valence-electron chi connectivity index (χ3n) is 15.3. The minimum Gasteiger partial charge on any atom is -0.456 e. The molecule has 0 aliphatic carbocycles. The fourth-order valence-corrected chi connectivity index (χ4v) is 12.2. The van der Waals surface area contributed by atoms with Gasteiger partial charge in [-0.3, -0.25) is 4.90 Å². The molecule has 0 bridgehead atoms. The summed E-state index contributed by atoms with van der Waals surface area (Å²) in [6.45, 7) is 27.5. The van der Waals surface area contributed by atoms with Crippen molar-refractivity contribution in [1.29, 1.82) is 0 Å². The number of nitrogens with zero attached hydrogens (tertiary/aromatic N) is 4. The average molecular weight is 985 g/mol. The van der Waals surface area contributed by atoms with Gasteiger partial charge in [-0.2, -0.15) is 0 Å². The smallest absolute Gasteiger partial charge is 0.266 e. The van der Waals surface area contributed by atoms with Gasteiger partial charge in [0.1, 0.15) is 22.0 Å². The van der Waals surface area contributed by atoms with E-state index in [-0.39, 0.29) is 28.4 Å². The molecule has 368 valence electrons. The van der Waals surface area contributed by atoms with Gasteiger partial charge in [0.2, 0.25) is 0 Å². The standard InChI is InChI=1S/C67H65BN4OS/c1-64(2,3)43-25-23-42(24-26-43)63-69-62-61(74-63)68-54-34-32-51(70(47-19-15-13-16-20-47)48-21-17-14-18-22-48)41-55(54)71(49-30-27-44(28-31-49)65(4,5)6)56-38-46(67(10,11)12)39-57(60(56)68)72(62)50-33-36-59-53(40-50)52-37-45(66(7,8)9)29-35-58(52)73-59/h13-41H,1-12H3. The summed E-state index contributed by atoms with van der Waals surface area (Å²) < 4.78 is 7.82. The van der Waals surface area contributed by atoms with Gasteiger partial charge in [0.05, 0.1) is 0 Å². The van der Waals surface area contributed by atoms with E-state index in [0.29, 0.717) is 0 Å². The number of para-hydroxylation sites is 2. The lowest BCUT2D eigenvalue weighted by molar-refractivity contribution is 0.590. The third-order valence-corrected chi connectivity index (χ3v) is 16.5. The van der Waals surface area contributed by atoms with Crippen LogP contribution in [0.15, 0.2) is 180 Å². The van der Waals surface area contributed by atoms with Crippen molar-refractivity contribution in [3.05, 3.63) is 198 Å². The maximum Gasteiger partial charge on any atom is 0.266 e. The maximum absolute atomic E-state index is 6.60. The maximum atomic E-state index is 6.60. The van der Waals surface area contributed by atoms with Gasteiger partial charge >= 0.3 is 0 Å². The molecule has 0 saturated heterocycles. The molecule has 10 aromatic rings. The zero-order valence-corrected chi connectivity index (χ0v) is 45.7. The van der Waals surface area contributed by atoms with Gasteiger partial charge in [-0.15, -0.1) is 11.3 Å². The molecule has 0 saturated carbocycles. The molecule has 0 spiro atoms. The van der Waals surface area contributed by atoms with Gasteiger partial charge in [0, 0.05) is 66.6 Å². The predicted octanol–water partition coefficient (Wildman–Crippen LogP) is 17.5. The molecule has 0 radical (unpaired) electrons. The van der Waals surface area contributed by atoms with E-state index in [1.807, 2.05) is 11.3 Å². The Morgan fingerprint density at radius 3 is 1.54 bits per heavy atom. The molecule has 4 heterocycles. The fourth-order valence-electron chi connectivity index (χ4n) is 11.0. The van der Waals surface area contributed by atoms with Crippen LogP contribution in [-0.4, -0.2) is 11.7 Å². The van der Waals surface area contributed by atoms with E-state index in [2.05, 4.69) is 274 Å². The number of hydrogen-bond acceptors (Lipinski definition) is 6. The first kappa shape index (κ1) is 47.6. The first-order chi connectivity index (χ1) is 35.2. The molecule has 12 rings (SSSR count). The highest BCUT2D eigenvalue weighted by Gasteiger charge is 2.47. The Morgan fingerprint density at radius 1 is 0.446 bits per heavy atom. The van der Waals surface area contributed by atoms with Crippen molar-refractivity contribution in [2.45, 2.75) is 105 Å². The van der Waals surface area contributed by atoms with Crippen molar-refractivity contribution in [3.63, 3.8) is 0 Å². The van der Waals surface area contributed by atoms with Gasteiger partial charge in [0.25, 0.3) is 6.71 Å². The van der Waals surface area contributed by atoms with Crippen LogP contribution in [0, 0.1) is 0 Å². The van der Waals surface area contributed by atoms with E-state index in [9.17, 15) is 0 Å². The van der Waals surface area contributed by atoms with Crippen molar-refractivity contribution in [2.24, 2.45) is 0 Å². The Bertz CT molecular complexity index is 3730. The lowest BCUT2D eigenvalue weighted by atomic mass is 9.36. The van der Waals surface area contributed by atoms with Crippen molar-refractivity contribution < 1.29 is 4.42 Å². The van der Waals surface area contributed by atoms with Gasteiger partial charge in [-0.05, 0) is 146 Å². The molecule has 0 atom stereocenters.